The zero-order chi connectivity index (χ0) is 20.5. The van der Waals surface area contributed by atoms with Crippen LogP contribution in [0.3, 0.4) is 0 Å². The molecule has 29 heavy (non-hydrogen) atoms. The topological polar surface area (TPSA) is 110 Å². The maximum atomic E-state index is 12.7. The Bertz CT molecular complexity index is 928. The molecule has 1 saturated heterocycles. The molecule has 7 heteroatoms. The van der Waals surface area contributed by atoms with Crippen LogP contribution in [-0.2, 0) is 14.3 Å². The van der Waals surface area contributed by atoms with Crippen molar-refractivity contribution in [2.75, 3.05) is 13.2 Å². The SMILES string of the molecule is NC(=O)C1CC(C(=O)O)CCN1C(=O)OCC1c2ccccc2-c2ccccc21. The highest BCUT2D eigenvalue weighted by Crippen LogP contribution is 2.44. The van der Waals surface area contributed by atoms with Crippen molar-refractivity contribution < 1.29 is 24.2 Å². The molecule has 2 aromatic rings. The van der Waals surface area contributed by atoms with E-state index in [0.717, 1.165) is 22.3 Å². The number of nitrogens with two attached hydrogens (primary N) is 1. The Kier molecular flexibility index (Phi) is 4.96. The van der Waals surface area contributed by atoms with Crippen LogP contribution < -0.4 is 5.73 Å². The van der Waals surface area contributed by atoms with Gasteiger partial charge in [-0.2, -0.15) is 0 Å². The third-order valence-corrected chi connectivity index (χ3v) is 5.85. The number of carboxylic acids is 1. The van der Waals surface area contributed by atoms with Crippen molar-refractivity contribution in [3.8, 4) is 11.1 Å². The number of aliphatic carboxylic acids is 1. The average Bonchev–Trinajstić information content (AvgIpc) is 3.05. The van der Waals surface area contributed by atoms with Gasteiger partial charge >= 0.3 is 12.1 Å². The van der Waals surface area contributed by atoms with E-state index in [4.69, 9.17) is 10.5 Å². The number of likely N-dealkylation sites (tertiary alicyclic amines) is 1. The number of benzene rings is 2. The fourth-order valence-electron chi connectivity index (χ4n) is 4.35. The van der Waals surface area contributed by atoms with Gasteiger partial charge in [-0.05, 0) is 35.1 Å². The Labute approximate surface area is 168 Å². The second-order valence-corrected chi connectivity index (χ2v) is 7.48. The van der Waals surface area contributed by atoms with Gasteiger partial charge in [0, 0.05) is 12.5 Å². The lowest BCUT2D eigenvalue weighted by Crippen LogP contribution is -2.53. The van der Waals surface area contributed by atoms with Crippen molar-refractivity contribution in [1.82, 2.24) is 4.90 Å². The van der Waals surface area contributed by atoms with Gasteiger partial charge in [0.2, 0.25) is 5.91 Å². The van der Waals surface area contributed by atoms with Crippen molar-refractivity contribution in [2.45, 2.75) is 24.8 Å². The van der Waals surface area contributed by atoms with E-state index in [1.165, 1.54) is 4.90 Å². The fourth-order valence-corrected chi connectivity index (χ4v) is 4.35. The van der Waals surface area contributed by atoms with E-state index in [0.29, 0.717) is 0 Å². The molecule has 7 nitrogen and oxygen atoms in total. The number of rotatable bonds is 4. The molecule has 0 spiro atoms. The van der Waals surface area contributed by atoms with Crippen LogP contribution in [0.15, 0.2) is 48.5 Å². The predicted molar refractivity (Wildman–Crippen MR) is 105 cm³/mol. The number of carboxylic acid groups (broad SMARTS) is 1. The number of hydrogen-bond acceptors (Lipinski definition) is 4. The van der Waals surface area contributed by atoms with E-state index in [1.807, 2.05) is 36.4 Å². The summed E-state index contributed by atoms with van der Waals surface area (Å²) in [4.78, 5) is 37.0. The van der Waals surface area contributed by atoms with Gasteiger partial charge in [-0.25, -0.2) is 4.79 Å². The molecule has 2 amide bonds. The fraction of sp³-hybridized carbons (Fsp3) is 0.318. The summed E-state index contributed by atoms with van der Waals surface area (Å²) in [6.45, 7) is 0.262. The normalized spacial score (nSPS) is 20.6. The molecule has 4 rings (SSSR count). The smallest absolute Gasteiger partial charge is 0.410 e. The van der Waals surface area contributed by atoms with Crippen molar-refractivity contribution in [1.29, 1.82) is 0 Å². The maximum absolute atomic E-state index is 12.7. The lowest BCUT2D eigenvalue weighted by Gasteiger charge is -2.35. The van der Waals surface area contributed by atoms with Crippen LogP contribution in [0, 0.1) is 5.92 Å². The Morgan fingerprint density at radius 2 is 1.62 bits per heavy atom. The number of carbonyl (C=O) groups excluding carboxylic acids is 2. The lowest BCUT2D eigenvalue weighted by atomic mass is 9.91. The first-order valence-electron chi connectivity index (χ1n) is 9.61. The van der Waals surface area contributed by atoms with Crippen LogP contribution in [0.2, 0.25) is 0 Å². The number of ether oxygens (including phenoxy) is 1. The van der Waals surface area contributed by atoms with E-state index in [-0.39, 0.29) is 31.9 Å². The highest BCUT2D eigenvalue weighted by atomic mass is 16.6. The monoisotopic (exact) mass is 394 g/mol. The molecular weight excluding hydrogens is 372 g/mol. The summed E-state index contributed by atoms with van der Waals surface area (Å²) >= 11 is 0. The minimum atomic E-state index is -0.983. The zero-order valence-corrected chi connectivity index (χ0v) is 15.8. The van der Waals surface area contributed by atoms with Gasteiger partial charge in [0.15, 0.2) is 0 Å². The van der Waals surface area contributed by atoms with Crippen LogP contribution >= 0.6 is 0 Å². The van der Waals surface area contributed by atoms with Gasteiger partial charge in [0.25, 0.3) is 0 Å². The van der Waals surface area contributed by atoms with Gasteiger partial charge in [0.05, 0.1) is 5.92 Å². The molecule has 0 saturated carbocycles. The van der Waals surface area contributed by atoms with Crippen LogP contribution in [0.25, 0.3) is 11.1 Å². The summed E-state index contributed by atoms with van der Waals surface area (Å²) in [5.74, 6) is -2.48. The van der Waals surface area contributed by atoms with Crippen LogP contribution in [0.1, 0.15) is 29.9 Å². The number of fused-ring (bicyclic) bond motifs is 3. The number of piperidine rings is 1. The summed E-state index contributed by atoms with van der Waals surface area (Å²) in [5.41, 5.74) is 9.86. The largest absolute Gasteiger partial charge is 0.481 e. The molecular formula is C22H22N2O5. The molecule has 0 bridgehead atoms. The van der Waals surface area contributed by atoms with Gasteiger partial charge in [-0.3, -0.25) is 14.5 Å². The number of primary amides is 1. The van der Waals surface area contributed by atoms with Crippen LogP contribution in [-0.4, -0.2) is 47.2 Å². The summed E-state index contributed by atoms with van der Waals surface area (Å²) < 4.78 is 5.59. The highest BCUT2D eigenvalue weighted by molar-refractivity contribution is 5.86. The van der Waals surface area contributed by atoms with E-state index in [1.54, 1.807) is 0 Å². The van der Waals surface area contributed by atoms with Gasteiger partial charge < -0.3 is 15.6 Å². The second-order valence-electron chi connectivity index (χ2n) is 7.48. The molecule has 2 aliphatic rings. The van der Waals surface area contributed by atoms with Crippen LogP contribution in [0.5, 0.6) is 0 Å². The molecule has 3 N–H and O–H groups in total. The zero-order valence-electron chi connectivity index (χ0n) is 15.8. The van der Waals surface area contributed by atoms with Crippen molar-refractivity contribution in [2.24, 2.45) is 11.7 Å². The van der Waals surface area contributed by atoms with E-state index in [9.17, 15) is 19.5 Å². The Hall–Kier alpha value is -3.35. The average molecular weight is 394 g/mol. The van der Waals surface area contributed by atoms with Crippen molar-refractivity contribution in [3.63, 3.8) is 0 Å². The summed E-state index contributed by atoms with van der Waals surface area (Å²) in [7, 11) is 0. The molecule has 2 unspecified atom stereocenters. The molecule has 1 fully saturated rings. The lowest BCUT2D eigenvalue weighted by molar-refractivity contribution is -0.144. The molecule has 150 valence electrons. The quantitative estimate of drug-likeness (QED) is 0.828. The maximum Gasteiger partial charge on any atom is 0.410 e. The predicted octanol–water partition coefficient (Wildman–Crippen LogP) is 2.59. The molecule has 0 radical (unpaired) electrons. The van der Waals surface area contributed by atoms with Gasteiger partial charge in [-0.15, -0.1) is 0 Å². The minimum Gasteiger partial charge on any atom is -0.481 e. The van der Waals surface area contributed by atoms with Gasteiger partial charge in [0.1, 0.15) is 12.6 Å². The Balaban J connectivity index is 1.50. The molecule has 1 aliphatic heterocycles. The first-order chi connectivity index (χ1) is 14.0. The minimum absolute atomic E-state index is 0.00879. The number of nitrogens with zero attached hydrogens (tertiary/aromatic N) is 1. The third kappa shape index (κ3) is 3.44. The standard InChI is InChI=1S/C22H22N2O5/c23-20(25)19-11-13(21(26)27)9-10-24(19)22(28)29-12-18-16-7-3-1-5-14(16)15-6-2-4-8-17(15)18/h1-8,13,18-19H,9-12H2,(H2,23,25)(H,26,27). The number of hydrogen-bond donors (Lipinski definition) is 2. The molecule has 2 aromatic carbocycles. The molecule has 1 aliphatic carbocycles. The second kappa shape index (κ2) is 7.58. The molecule has 2 atom stereocenters. The van der Waals surface area contributed by atoms with E-state index >= 15 is 0 Å². The summed E-state index contributed by atoms with van der Waals surface area (Å²) in [6.07, 6.45) is -0.363. The number of carbonyl (C=O) groups is 3. The first-order valence-corrected chi connectivity index (χ1v) is 9.61. The first kappa shape index (κ1) is 19.0. The van der Waals surface area contributed by atoms with Crippen molar-refractivity contribution in [3.05, 3.63) is 59.7 Å². The molecule has 1 heterocycles. The summed E-state index contributed by atoms with van der Waals surface area (Å²) in [6, 6.07) is 15.1. The summed E-state index contributed by atoms with van der Waals surface area (Å²) in [5, 5.41) is 9.21. The highest BCUT2D eigenvalue weighted by Gasteiger charge is 2.39. The van der Waals surface area contributed by atoms with Crippen molar-refractivity contribution >= 4 is 18.0 Å². The van der Waals surface area contributed by atoms with Crippen LogP contribution in [0.4, 0.5) is 4.79 Å². The Morgan fingerprint density at radius 1 is 1.03 bits per heavy atom. The molecule has 0 aromatic heterocycles. The van der Waals surface area contributed by atoms with E-state index in [2.05, 4.69) is 12.1 Å². The van der Waals surface area contributed by atoms with Gasteiger partial charge in [-0.1, -0.05) is 48.5 Å². The Morgan fingerprint density at radius 3 is 2.17 bits per heavy atom. The van der Waals surface area contributed by atoms with E-state index < -0.39 is 29.9 Å². The number of amides is 2. The third-order valence-electron chi connectivity index (χ3n) is 5.85.